The molecule has 4 nitrogen and oxygen atoms in total. The maximum Gasteiger partial charge on any atom is 0.328 e. The Balaban J connectivity index is 2.30. The molecule has 2 rings (SSSR count). The number of carboxylic acids is 1. The second-order valence-electron chi connectivity index (χ2n) is 8.46. The zero-order valence-electron chi connectivity index (χ0n) is 15.3. The molecular weight excluding hydrogens is 304 g/mol. The number of allylic oxidation sites excluding steroid dienone is 2. The van der Waals surface area contributed by atoms with Gasteiger partial charge in [-0.05, 0) is 61.0 Å². The Morgan fingerprint density at radius 3 is 2.58 bits per heavy atom. The zero-order valence-corrected chi connectivity index (χ0v) is 15.3. The Labute approximate surface area is 144 Å². The van der Waals surface area contributed by atoms with Crippen molar-refractivity contribution >= 4 is 11.8 Å². The molecule has 1 saturated carbocycles. The highest BCUT2D eigenvalue weighted by Gasteiger charge is 2.55. The molecule has 1 fully saturated rings. The van der Waals surface area contributed by atoms with E-state index in [9.17, 15) is 14.7 Å². The first-order chi connectivity index (χ1) is 11.1. The highest BCUT2D eigenvalue weighted by Crippen LogP contribution is 2.59. The minimum absolute atomic E-state index is 0.00372. The van der Waals surface area contributed by atoms with E-state index in [1.165, 1.54) is 0 Å². The van der Waals surface area contributed by atoms with E-state index in [4.69, 9.17) is 5.11 Å². The largest absolute Gasteiger partial charge is 0.478 e. The molecule has 2 aliphatic rings. The van der Waals surface area contributed by atoms with Gasteiger partial charge in [-0.3, -0.25) is 4.79 Å². The lowest BCUT2D eigenvalue weighted by Crippen LogP contribution is -2.52. The second-order valence-corrected chi connectivity index (χ2v) is 8.46. The highest BCUT2D eigenvalue weighted by atomic mass is 16.4. The minimum Gasteiger partial charge on any atom is -0.478 e. The van der Waals surface area contributed by atoms with E-state index in [2.05, 4.69) is 20.8 Å². The third kappa shape index (κ3) is 3.49. The third-order valence-corrected chi connectivity index (χ3v) is 6.26. The van der Waals surface area contributed by atoms with E-state index >= 15 is 0 Å². The Morgan fingerprint density at radius 2 is 2.00 bits per heavy atom. The molecule has 3 unspecified atom stereocenters. The molecule has 2 aliphatic carbocycles. The van der Waals surface area contributed by atoms with E-state index in [1.807, 2.05) is 13.0 Å². The second kappa shape index (κ2) is 6.83. The molecule has 0 radical (unpaired) electrons. The van der Waals surface area contributed by atoms with Crippen LogP contribution in [0.1, 0.15) is 59.8 Å². The predicted molar refractivity (Wildman–Crippen MR) is 93.5 cm³/mol. The average molecular weight is 334 g/mol. The van der Waals surface area contributed by atoms with Crippen LogP contribution in [0.25, 0.3) is 0 Å². The summed E-state index contributed by atoms with van der Waals surface area (Å²) in [6.07, 6.45) is 7.46. The number of hydrogen-bond acceptors (Lipinski definition) is 3. The number of fused-ring (bicyclic) bond motifs is 1. The van der Waals surface area contributed by atoms with Crippen LogP contribution in [0.15, 0.2) is 23.3 Å². The molecule has 2 N–H and O–H groups in total. The van der Waals surface area contributed by atoms with Gasteiger partial charge in [0.05, 0.1) is 6.61 Å². The van der Waals surface area contributed by atoms with Gasteiger partial charge in [-0.1, -0.05) is 32.8 Å². The zero-order chi connectivity index (χ0) is 18.1. The van der Waals surface area contributed by atoms with Gasteiger partial charge in [-0.2, -0.15) is 0 Å². The molecule has 3 atom stereocenters. The van der Waals surface area contributed by atoms with E-state index in [0.717, 1.165) is 37.3 Å². The maximum atomic E-state index is 12.7. The first-order valence-corrected chi connectivity index (χ1v) is 8.87. The third-order valence-electron chi connectivity index (χ3n) is 6.26. The first-order valence-electron chi connectivity index (χ1n) is 8.87. The van der Waals surface area contributed by atoms with Gasteiger partial charge in [0.25, 0.3) is 0 Å². The summed E-state index contributed by atoms with van der Waals surface area (Å²) < 4.78 is 0. The molecule has 134 valence electrons. The molecule has 0 aromatic rings. The minimum atomic E-state index is -1.02. The molecule has 0 aliphatic heterocycles. The van der Waals surface area contributed by atoms with Crippen molar-refractivity contribution in [3.05, 3.63) is 23.3 Å². The fraction of sp³-hybridized carbons (Fsp3) is 0.700. The van der Waals surface area contributed by atoms with Gasteiger partial charge >= 0.3 is 5.97 Å². The van der Waals surface area contributed by atoms with Crippen LogP contribution in [0.4, 0.5) is 0 Å². The van der Waals surface area contributed by atoms with Crippen LogP contribution in [-0.4, -0.2) is 28.6 Å². The Morgan fingerprint density at radius 1 is 1.33 bits per heavy atom. The van der Waals surface area contributed by atoms with Gasteiger partial charge in [-0.25, -0.2) is 4.79 Å². The van der Waals surface area contributed by atoms with Crippen molar-refractivity contribution in [2.24, 2.45) is 22.7 Å². The number of aliphatic hydroxyl groups excluding tert-OH is 1. The smallest absolute Gasteiger partial charge is 0.328 e. The summed E-state index contributed by atoms with van der Waals surface area (Å²) in [5, 5.41) is 18.3. The van der Waals surface area contributed by atoms with Gasteiger partial charge in [0.1, 0.15) is 0 Å². The molecule has 24 heavy (non-hydrogen) atoms. The number of hydrogen-bond donors (Lipinski definition) is 2. The number of carbonyl (C=O) groups is 2. The fourth-order valence-corrected chi connectivity index (χ4v) is 5.38. The quantitative estimate of drug-likeness (QED) is 0.751. The lowest BCUT2D eigenvalue weighted by atomic mass is 9.48. The van der Waals surface area contributed by atoms with Gasteiger partial charge in [0.2, 0.25) is 0 Å². The summed E-state index contributed by atoms with van der Waals surface area (Å²) in [6.45, 7) is 8.42. The number of aliphatic hydroxyl groups is 1. The fourth-order valence-electron chi connectivity index (χ4n) is 5.38. The van der Waals surface area contributed by atoms with Crippen LogP contribution < -0.4 is 0 Å². The van der Waals surface area contributed by atoms with Gasteiger partial charge < -0.3 is 10.2 Å². The van der Waals surface area contributed by atoms with Crippen molar-refractivity contribution in [3.63, 3.8) is 0 Å². The van der Waals surface area contributed by atoms with Crippen LogP contribution in [0.5, 0.6) is 0 Å². The lowest BCUT2D eigenvalue weighted by molar-refractivity contribution is -0.136. The van der Waals surface area contributed by atoms with Crippen LogP contribution in [-0.2, 0) is 9.59 Å². The molecule has 0 spiro atoms. The molecule has 0 aromatic carbocycles. The molecule has 0 aromatic heterocycles. The summed E-state index contributed by atoms with van der Waals surface area (Å²) in [6, 6.07) is 0. The number of carboxylic acid groups (broad SMARTS) is 1. The van der Waals surface area contributed by atoms with Crippen LogP contribution in [0, 0.1) is 22.7 Å². The van der Waals surface area contributed by atoms with E-state index < -0.39 is 5.97 Å². The summed E-state index contributed by atoms with van der Waals surface area (Å²) in [4.78, 5) is 23.6. The molecule has 0 heterocycles. The topological polar surface area (TPSA) is 74.6 Å². The summed E-state index contributed by atoms with van der Waals surface area (Å²) in [5.74, 6) is -0.496. The first kappa shape index (κ1) is 18.9. The standard InChI is InChI=1S/C20H30O4/c1-13-10-16(22)18-19(2,3)8-5-9-20(18,4)15(13)7-6-14(12-21)11-17(23)24/h10-11,15,18,21H,5-9,12H2,1-4H3,(H,23,24). The van der Waals surface area contributed by atoms with Crippen molar-refractivity contribution in [1.29, 1.82) is 0 Å². The number of rotatable bonds is 5. The van der Waals surface area contributed by atoms with Crippen LogP contribution >= 0.6 is 0 Å². The molecule has 0 amide bonds. The maximum absolute atomic E-state index is 12.7. The van der Waals surface area contributed by atoms with E-state index in [1.54, 1.807) is 0 Å². The Kier molecular flexibility index (Phi) is 5.38. The molecule has 4 heteroatoms. The summed E-state index contributed by atoms with van der Waals surface area (Å²) in [5.41, 5.74) is 1.56. The molecular formula is C20H30O4. The summed E-state index contributed by atoms with van der Waals surface area (Å²) in [7, 11) is 0. The highest BCUT2D eigenvalue weighted by molar-refractivity contribution is 5.94. The van der Waals surface area contributed by atoms with E-state index in [0.29, 0.717) is 12.0 Å². The Hall–Kier alpha value is -1.42. The van der Waals surface area contributed by atoms with Crippen molar-refractivity contribution in [2.45, 2.75) is 59.8 Å². The van der Waals surface area contributed by atoms with Crippen molar-refractivity contribution in [3.8, 4) is 0 Å². The lowest BCUT2D eigenvalue weighted by Gasteiger charge is -2.55. The number of aliphatic carboxylic acids is 1. The average Bonchev–Trinajstić information content (AvgIpc) is 2.43. The molecule has 0 saturated heterocycles. The van der Waals surface area contributed by atoms with Crippen molar-refractivity contribution < 1.29 is 19.8 Å². The van der Waals surface area contributed by atoms with Crippen molar-refractivity contribution in [1.82, 2.24) is 0 Å². The SMILES string of the molecule is CC1=CC(=O)C2C(C)(C)CCCC2(C)C1CCC(=CC(=O)O)CO. The number of carbonyl (C=O) groups excluding carboxylic acids is 1. The van der Waals surface area contributed by atoms with Gasteiger partial charge in [-0.15, -0.1) is 0 Å². The van der Waals surface area contributed by atoms with Crippen LogP contribution in [0.3, 0.4) is 0 Å². The van der Waals surface area contributed by atoms with Gasteiger partial charge in [0, 0.05) is 12.0 Å². The summed E-state index contributed by atoms with van der Waals surface area (Å²) >= 11 is 0. The van der Waals surface area contributed by atoms with Crippen molar-refractivity contribution in [2.75, 3.05) is 6.61 Å². The predicted octanol–water partition coefficient (Wildman–Crippen LogP) is 3.75. The monoisotopic (exact) mass is 334 g/mol. The normalized spacial score (nSPS) is 33.0. The molecule has 0 bridgehead atoms. The Bertz CT molecular complexity index is 584. The van der Waals surface area contributed by atoms with E-state index in [-0.39, 0.29) is 35.1 Å². The van der Waals surface area contributed by atoms with Crippen LogP contribution in [0.2, 0.25) is 0 Å². The van der Waals surface area contributed by atoms with Gasteiger partial charge in [0.15, 0.2) is 5.78 Å². The number of ketones is 1.